The maximum absolute atomic E-state index is 13.5. The van der Waals surface area contributed by atoms with Crippen LogP contribution in [-0.4, -0.2) is 62.9 Å². The molecule has 2 unspecified atom stereocenters. The van der Waals surface area contributed by atoms with Gasteiger partial charge in [-0.1, -0.05) is 25.6 Å². The van der Waals surface area contributed by atoms with Gasteiger partial charge in [0, 0.05) is 12.1 Å². The zero-order chi connectivity index (χ0) is 27.1. The van der Waals surface area contributed by atoms with Crippen molar-refractivity contribution in [2.45, 2.75) is 44.6 Å². The van der Waals surface area contributed by atoms with Crippen LogP contribution in [0.25, 0.3) is 5.57 Å². The number of ether oxygens (including phenoxy) is 4. The highest BCUT2D eigenvalue weighted by molar-refractivity contribution is 6.19. The minimum Gasteiger partial charge on any atom is -0.497 e. The highest BCUT2D eigenvalue weighted by atomic mass is 16.5. The first-order valence-corrected chi connectivity index (χ1v) is 12.4. The molecule has 0 aromatic heterocycles. The van der Waals surface area contributed by atoms with E-state index in [1.165, 1.54) is 31.8 Å². The van der Waals surface area contributed by atoms with Gasteiger partial charge in [0.25, 0.3) is 5.91 Å². The summed E-state index contributed by atoms with van der Waals surface area (Å²) in [5, 5.41) is 10.0. The minimum absolute atomic E-state index is 0.175. The van der Waals surface area contributed by atoms with Crippen molar-refractivity contribution in [3.8, 4) is 23.0 Å². The fourth-order valence-electron chi connectivity index (χ4n) is 5.10. The molecule has 1 fully saturated rings. The lowest BCUT2D eigenvalue weighted by molar-refractivity contribution is -0.151. The number of benzene rings is 2. The van der Waals surface area contributed by atoms with E-state index in [0.717, 1.165) is 25.0 Å². The SMILES string of the molecule is C=C(C(=O)N1CCC(C[C@H](CC)c2ccc(OC)cc2)CC1C(=O)O)c1cc(OC)c(OC)c(OC)c1. The summed E-state index contributed by atoms with van der Waals surface area (Å²) in [5.41, 5.74) is 1.87. The zero-order valence-electron chi connectivity index (χ0n) is 22.3. The molecular weight excluding hydrogens is 474 g/mol. The third-order valence-electron chi connectivity index (χ3n) is 7.23. The Morgan fingerprint density at radius 1 is 1.03 bits per heavy atom. The van der Waals surface area contributed by atoms with Gasteiger partial charge in [-0.2, -0.15) is 0 Å². The number of aliphatic carboxylic acids is 1. The molecule has 1 amide bonds. The average molecular weight is 512 g/mol. The van der Waals surface area contributed by atoms with Crippen molar-refractivity contribution in [2.75, 3.05) is 35.0 Å². The summed E-state index contributed by atoms with van der Waals surface area (Å²) in [6, 6.07) is 10.4. The lowest BCUT2D eigenvalue weighted by Crippen LogP contribution is -2.50. The van der Waals surface area contributed by atoms with Gasteiger partial charge in [0.15, 0.2) is 11.5 Å². The molecule has 0 radical (unpaired) electrons. The van der Waals surface area contributed by atoms with Crippen LogP contribution in [0.5, 0.6) is 23.0 Å². The van der Waals surface area contributed by atoms with Crippen molar-refractivity contribution >= 4 is 17.4 Å². The van der Waals surface area contributed by atoms with Crippen molar-refractivity contribution in [2.24, 2.45) is 5.92 Å². The average Bonchev–Trinajstić information content (AvgIpc) is 2.94. The third kappa shape index (κ3) is 6.18. The van der Waals surface area contributed by atoms with E-state index >= 15 is 0 Å². The summed E-state index contributed by atoms with van der Waals surface area (Å²) < 4.78 is 21.4. The molecule has 200 valence electrons. The van der Waals surface area contributed by atoms with E-state index in [2.05, 4.69) is 25.6 Å². The zero-order valence-corrected chi connectivity index (χ0v) is 22.3. The number of rotatable bonds is 11. The summed E-state index contributed by atoms with van der Waals surface area (Å²) in [6.45, 7) is 6.48. The number of carboxylic acid groups (broad SMARTS) is 1. The number of hydrogen-bond acceptors (Lipinski definition) is 6. The number of amides is 1. The first-order valence-electron chi connectivity index (χ1n) is 12.4. The topological polar surface area (TPSA) is 94.5 Å². The summed E-state index contributed by atoms with van der Waals surface area (Å²) in [4.78, 5) is 27.2. The number of carbonyl (C=O) groups excluding carboxylic acids is 1. The van der Waals surface area contributed by atoms with E-state index in [-0.39, 0.29) is 11.5 Å². The summed E-state index contributed by atoms with van der Waals surface area (Å²) in [6.07, 6.45) is 2.94. The van der Waals surface area contributed by atoms with Gasteiger partial charge in [-0.3, -0.25) is 4.79 Å². The van der Waals surface area contributed by atoms with E-state index in [4.69, 9.17) is 18.9 Å². The second-order valence-electron chi connectivity index (χ2n) is 9.25. The maximum atomic E-state index is 13.5. The van der Waals surface area contributed by atoms with Crippen molar-refractivity contribution in [3.05, 3.63) is 54.1 Å². The number of carboxylic acids is 1. The molecular formula is C29H37NO7. The van der Waals surface area contributed by atoms with Crippen molar-refractivity contribution in [3.63, 3.8) is 0 Å². The number of piperidine rings is 1. The second kappa shape index (κ2) is 12.5. The molecule has 1 N–H and O–H groups in total. The molecule has 0 aliphatic carbocycles. The fraction of sp³-hybridized carbons (Fsp3) is 0.448. The molecule has 1 heterocycles. The molecule has 3 rings (SSSR count). The van der Waals surface area contributed by atoms with Crippen LogP contribution < -0.4 is 18.9 Å². The molecule has 0 saturated carbocycles. The summed E-state index contributed by atoms with van der Waals surface area (Å²) >= 11 is 0. The number of hydrogen-bond donors (Lipinski definition) is 1. The Labute approximate surface area is 218 Å². The van der Waals surface area contributed by atoms with Crippen molar-refractivity contribution in [1.29, 1.82) is 0 Å². The minimum atomic E-state index is -1.01. The first-order chi connectivity index (χ1) is 17.8. The van der Waals surface area contributed by atoms with Gasteiger partial charge >= 0.3 is 5.97 Å². The Morgan fingerprint density at radius 2 is 1.65 bits per heavy atom. The molecule has 8 heteroatoms. The lowest BCUT2D eigenvalue weighted by Gasteiger charge is -2.38. The van der Waals surface area contributed by atoms with Crippen LogP contribution in [0.2, 0.25) is 0 Å². The van der Waals surface area contributed by atoms with Crippen molar-refractivity contribution < 1.29 is 33.6 Å². The predicted octanol–water partition coefficient (Wildman–Crippen LogP) is 5.01. The Kier molecular flexibility index (Phi) is 9.44. The van der Waals surface area contributed by atoms with Crippen LogP contribution >= 0.6 is 0 Å². The van der Waals surface area contributed by atoms with E-state index < -0.39 is 17.9 Å². The number of nitrogens with zero attached hydrogens (tertiary/aromatic N) is 1. The Bertz CT molecular complexity index is 1090. The molecule has 37 heavy (non-hydrogen) atoms. The molecule has 1 aliphatic heterocycles. The molecule has 2 aromatic carbocycles. The Hall–Kier alpha value is -3.68. The number of methoxy groups -OCH3 is 4. The van der Waals surface area contributed by atoms with E-state index in [1.807, 2.05) is 12.1 Å². The van der Waals surface area contributed by atoms with Gasteiger partial charge < -0.3 is 29.0 Å². The predicted molar refractivity (Wildman–Crippen MR) is 142 cm³/mol. The molecule has 2 aromatic rings. The van der Waals surface area contributed by atoms with E-state index in [1.54, 1.807) is 19.2 Å². The van der Waals surface area contributed by atoms with Crippen LogP contribution in [-0.2, 0) is 9.59 Å². The molecule has 1 saturated heterocycles. The first kappa shape index (κ1) is 27.9. The van der Waals surface area contributed by atoms with Crippen LogP contribution in [0.4, 0.5) is 0 Å². The quantitative estimate of drug-likeness (QED) is 0.424. The van der Waals surface area contributed by atoms with Gasteiger partial charge in [0.1, 0.15) is 11.8 Å². The van der Waals surface area contributed by atoms with Gasteiger partial charge in [0.05, 0.1) is 28.4 Å². The Morgan fingerprint density at radius 3 is 2.14 bits per heavy atom. The number of likely N-dealkylation sites (tertiary alicyclic amines) is 1. The number of carbonyl (C=O) groups is 2. The largest absolute Gasteiger partial charge is 0.497 e. The van der Waals surface area contributed by atoms with Gasteiger partial charge in [-0.25, -0.2) is 4.79 Å². The maximum Gasteiger partial charge on any atom is 0.326 e. The summed E-state index contributed by atoms with van der Waals surface area (Å²) in [7, 11) is 6.13. The highest BCUT2D eigenvalue weighted by Gasteiger charge is 2.38. The van der Waals surface area contributed by atoms with Crippen LogP contribution in [0.3, 0.4) is 0 Å². The molecule has 0 bridgehead atoms. The molecule has 1 aliphatic rings. The van der Waals surface area contributed by atoms with Gasteiger partial charge in [-0.15, -0.1) is 0 Å². The monoisotopic (exact) mass is 511 g/mol. The van der Waals surface area contributed by atoms with Gasteiger partial charge in [0.2, 0.25) is 5.75 Å². The second-order valence-corrected chi connectivity index (χ2v) is 9.25. The van der Waals surface area contributed by atoms with Crippen molar-refractivity contribution in [1.82, 2.24) is 4.90 Å². The standard InChI is InChI=1S/C29H37NO7/c1-7-20(21-8-10-23(34-3)11-9-21)14-19-12-13-30(24(15-19)29(32)33)28(31)18(2)22-16-25(35-4)27(37-6)26(17-22)36-5/h8-11,16-17,19-20,24H,2,7,12-15H2,1,3-6H3,(H,32,33)/t19?,20-,24?/m0/s1. The van der Waals surface area contributed by atoms with Crippen LogP contribution in [0.1, 0.15) is 49.7 Å². The highest BCUT2D eigenvalue weighted by Crippen LogP contribution is 2.41. The molecule has 8 nitrogen and oxygen atoms in total. The van der Waals surface area contributed by atoms with E-state index in [0.29, 0.717) is 41.7 Å². The van der Waals surface area contributed by atoms with Gasteiger partial charge in [-0.05, 0) is 72.9 Å². The fourth-order valence-corrected chi connectivity index (χ4v) is 5.10. The molecule has 0 spiro atoms. The lowest BCUT2D eigenvalue weighted by atomic mass is 9.80. The smallest absolute Gasteiger partial charge is 0.326 e. The van der Waals surface area contributed by atoms with E-state index in [9.17, 15) is 14.7 Å². The van der Waals surface area contributed by atoms with Crippen LogP contribution in [0, 0.1) is 5.92 Å². The normalized spacial score (nSPS) is 18.0. The third-order valence-corrected chi connectivity index (χ3v) is 7.23. The molecule has 3 atom stereocenters. The van der Waals surface area contributed by atoms with Crippen LogP contribution in [0.15, 0.2) is 43.0 Å². The Balaban J connectivity index is 1.76. The summed E-state index contributed by atoms with van der Waals surface area (Å²) in [5.74, 6) is 1.07.